The van der Waals surface area contributed by atoms with Crippen molar-refractivity contribution in [2.75, 3.05) is 20.3 Å². The Balaban J connectivity index is 2.65. The molecular formula is C14H20F3NO. The second-order valence-corrected chi connectivity index (χ2v) is 4.75. The molecule has 1 aromatic carbocycles. The lowest BCUT2D eigenvalue weighted by atomic mass is 10.0. The Morgan fingerprint density at radius 3 is 2.37 bits per heavy atom. The van der Waals surface area contributed by atoms with Crippen LogP contribution in [0.3, 0.4) is 0 Å². The zero-order valence-electron chi connectivity index (χ0n) is 11.2. The average molecular weight is 275 g/mol. The van der Waals surface area contributed by atoms with Crippen LogP contribution in [0.25, 0.3) is 0 Å². The van der Waals surface area contributed by atoms with Crippen molar-refractivity contribution >= 4 is 0 Å². The van der Waals surface area contributed by atoms with Gasteiger partial charge in [0.25, 0.3) is 0 Å². The van der Waals surface area contributed by atoms with Gasteiger partial charge in [0.15, 0.2) is 0 Å². The van der Waals surface area contributed by atoms with Crippen LogP contribution in [0, 0.1) is 5.92 Å². The van der Waals surface area contributed by atoms with Crippen molar-refractivity contribution in [3.05, 3.63) is 35.9 Å². The van der Waals surface area contributed by atoms with Gasteiger partial charge in [-0.1, -0.05) is 37.3 Å². The molecule has 0 aliphatic rings. The van der Waals surface area contributed by atoms with Crippen molar-refractivity contribution in [2.24, 2.45) is 5.92 Å². The summed E-state index contributed by atoms with van der Waals surface area (Å²) >= 11 is 0. The first-order chi connectivity index (χ1) is 8.92. The van der Waals surface area contributed by atoms with E-state index in [1.165, 1.54) is 0 Å². The van der Waals surface area contributed by atoms with Crippen LogP contribution >= 0.6 is 0 Å². The van der Waals surface area contributed by atoms with Crippen LogP contribution in [0.5, 0.6) is 0 Å². The van der Waals surface area contributed by atoms with Crippen LogP contribution in [0.4, 0.5) is 13.2 Å². The first-order valence-corrected chi connectivity index (χ1v) is 6.26. The van der Waals surface area contributed by atoms with Gasteiger partial charge in [0, 0.05) is 26.3 Å². The number of nitrogens with one attached hydrogen (secondary N) is 1. The van der Waals surface area contributed by atoms with E-state index in [0.717, 1.165) is 0 Å². The second-order valence-electron chi connectivity index (χ2n) is 4.75. The molecule has 0 bridgehead atoms. The third kappa shape index (κ3) is 6.59. The number of methoxy groups -OCH3 is 1. The Morgan fingerprint density at radius 1 is 1.21 bits per heavy atom. The number of ether oxygens (including phenoxy) is 1. The molecule has 0 radical (unpaired) electrons. The maximum Gasteiger partial charge on any atom is 0.390 e. The summed E-state index contributed by atoms with van der Waals surface area (Å²) in [6, 6.07) is 8.01. The van der Waals surface area contributed by atoms with Crippen molar-refractivity contribution in [3.8, 4) is 0 Å². The van der Waals surface area contributed by atoms with E-state index in [1.807, 2.05) is 6.92 Å². The summed E-state index contributed by atoms with van der Waals surface area (Å²) in [6.07, 6.45) is -5.05. The van der Waals surface area contributed by atoms with E-state index in [2.05, 4.69) is 5.32 Å². The van der Waals surface area contributed by atoms with Crippen molar-refractivity contribution in [3.63, 3.8) is 0 Å². The van der Waals surface area contributed by atoms with E-state index < -0.39 is 18.6 Å². The molecule has 19 heavy (non-hydrogen) atoms. The van der Waals surface area contributed by atoms with E-state index in [4.69, 9.17) is 4.74 Å². The van der Waals surface area contributed by atoms with Crippen LogP contribution in [0.15, 0.2) is 30.3 Å². The first kappa shape index (κ1) is 16.0. The zero-order valence-corrected chi connectivity index (χ0v) is 11.2. The van der Waals surface area contributed by atoms with Crippen molar-refractivity contribution in [1.29, 1.82) is 0 Å². The summed E-state index contributed by atoms with van der Waals surface area (Å²) in [5, 5.41) is 2.98. The van der Waals surface area contributed by atoms with Gasteiger partial charge in [-0.15, -0.1) is 0 Å². The summed E-state index contributed by atoms with van der Waals surface area (Å²) in [5.74, 6) is 0.171. The molecule has 0 aliphatic heterocycles. The monoisotopic (exact) mass is 275 g/mol. The summed E-state index contributed by atoms with van der Waals surface area (Å²) in [4.78, 5) is 0. The molecule has 2 atom stereocenters. The van der Waals surface area contributed by atoms with Gasteiger partial charge in [0.2, 0.25) is 0 Å². The zero-order chi connectivity index (χ0) is 14.3. The number of alkyl halides is 3. The SMILES string of the molecule is COCC(C)CNC(CC(F)(F)F)c1ccccc1. The highest BCUT2D eigenvalue weighted by molar-refractivity contribution is 5.19. The van der Waals surface area contributed by atoms with Gasteiger partial charge >= 0.3 is 6.18 Å². The Bertz CT molecular complexity index is 353. The van der Waals surface area contributed by atoms with Crippen LogP contribution in [-0.2, 0) is 4.74 Å². The number of rotatable bonds is 7. The first-order valence-electron chi connectivity index (χ1n) is 6.26. The van der Waals surface area contributed by atoms with Gasteiger partial charge in [-0.3, -0.25) is 0 Å². The molecule has 0 saturated heterocycles. The van der Waals surface area contributed by atoms with E-state index in [0.29, 0.717) is 18.7 Å². The maximum absolute atomic E-state index is 12.6. The van der Waals surface area contributed by atoms with Crippen LogP contribution in [0.2, 0.25) is 0 Å². The standard InChI is InChI=1S/C14H20F3NO/c1-11(10-19-2)9-18-13(8-14(15,16)17)12-6-4-3-5-7-12/h3-7,11,13,18H,8-10H2,1-2H3. The Hall–Kier alpha value is -1.07. The van der Waals surface area contributed by atoms with Gasteiger partial charge < -0.3 is 10.1 Å². The summed E-state index contributed by atoms with van der Waals surface area (Å²) < 4.78 is 42.8. The number of hydrogen-bond acceptors (Lipinski definition) is 2. The van der Waals surface area contributed by atoms with Gasteiger partial charge in [-0.25, -0.2) is 0 Å². The molecule has 0 amide bonds. The Labute approximate surface area is 112 Å². The molecule has 2 unspecified atom stereocenters. The van der Waals surface area contributed by atoms with E-state index in [9.17, 15) is 13.2 Å². The van der Waals surface area contributed by atoms with E-state index in [1.54, 1.807) is 37.4 Å². The van der Waals surface area contributed by atoms with Gasteiger partial charge in [0.1, 0.15) is 0 Å². The van der Waals surface area contributed by atoms with Crippen LogP contribution < -0.4 is 5.32 Å². The minimum atomic E-state index is -4.18. The Morgan fingerprint density at radius 2 is 1.84 bits per heavy atom. The molecule has 108 valence electrons. The maximum atomic E-state index is 12.6. The lowest BCUT2D eigenvalue weighted by molar-refractivity contribution is -0.140. The highest BCUT2D eigenvalue weighted by atomic mass is 19.4. The van der Waals surface area contributed by atoms with Crippen LogP contribution in [-0.4, -0.2) is 26.4 Å². The lowest BCUT2D eigenvalue weighted by Gasteiger charge is -2.22. The van der Waals surface area contributed by atoms with Crippen LogP contribution in [0.1, 0.15) is 24.9 Å². The molecule has 0 aliphatic carbocycles. The van der Waals surface area contributed by atoms with Gasteiger partial charge in [-0.05, 0) is 11.5 Å². The second kappa shape index (κ2) is 7.50. The van der Waals surface area contributed by atoms with Crippen molar-refractivity contribution in [1.82, 2.24) is 5.32 Å². The minimum absolute atomic E-state index is 0.171. The third-order valence-electron chi connectivity index (χ3n) is 2.80. The lowest BCUT2D eigenvalue weighted by Crippen LogP contribution is -2.31. The van der Waals surface area contributed by atoms with E-state index in [-0.39, 0.29) is 5.92 Å². The number of hydrogen-bond donors (Lipinski definition) is 1. The molecule has 2 nitrogen and oxygen atoms in total. The molecule has 1 aromatic rings. The molecular weight excluding hydrogens is 255 g/mol. The molecule has 0 saturated carbocycles. The topological polar surface area (TPSA) is 21.3 Å². The Kier molecular flexibility index (Phi) is 6.31. The molecule has 0 heterocycles. The molecule has 0 fully saturated rings. The normalized spacial score (nSPS) is 15.2. The molecule has 0 aromatic heterocycles. The minimum Gasteiger partial charge on any atom is -0.384 e. The average Bonchev–Trinajstić information content (AvgIpc) is 2.34. The highest BCUT2D eigenvalue weighted by Crippen LogP contribution is 2.29. The van der Waals surface area contributed by atoms with E-state index >= 15 is 0 Å². The van der Waals surface area contributed by atoms with Gasteiger partial charge in [-0.2, -0.15) is 13.2 Å². The fourth-order valence-electron chi connectivity index (χ4n) is 1.91. The van der Waals surface area contributed by atoms with Crippen molar-refractivity contribution < 1.29 is 17.9 Å². The fourth-order valence-corrected chi connectivity index (χ4v) is 1.91. The number of benzene rings is 1. The predicted molar refractivity (Wildman–Crippen MR) is 68.9 cm³/mol. The molecule has 0 spiro atoms. The summed E-state index contributed by atoms with van der Waals surface area (Å²) in [7, 11) is 1.58. The molecule has 5 heteroatoms. The largest absolute Gasteiger partial charge is 0.390 e. The quantitative estimate of drug-likeness (QED) is 0.821. The molecule has 1 N–H and O–H groups in total. The third-order valence-corrected chi connectivity index (χ3v) is 2.80. The van der Waals surface area contributed by atoms with Crippen molar-refractivity contribution in [2.45, 2.75) is 25.6 Å². The molecule has 1 rings (SSSR count). The summed E-state index contributed by atoms with van der Waals surface area (Å²) in [6.45, 7) is 2.95. The highest BCUT2D eigenvalue weighted by Gasteiger charge is 2.32. The smallest absolute Gasteiger partial charge is 0.384 e. The number of halogens is 3. The fraction of sp³-hybridized carbons (Fsp3) is 0.571. The predicted octanol–water partition coefficient (Wildman–Crippen LogP) is 3.55. The van der Waals surface area contributed by atoms with Gasteiger partial charge in [0.05, 0.1) is 6.42 Å². The summed E-state index contributed by atoms with van der Waals surface area (Å²) in [5.41, 5.74) is 0.657.